The highest BCUT2D eigenvalue weighted by atomic mass is 32.1. The van der Waals surface area contributed by atoms with Crippen molar-refractivity contribution in [2.45, 2.75) is 31.4 Å². The molecule has 1 aliphatic carbocycles. The van der Waals surface area contributed by atoms with Gasteiger partial charge in [-0.1, -0.05) is 0 Å². The van der Waals surface area contributed by atoms with Crippen molar-refractivity contribution in [2.75, 3.05) is 46.4 Å². The number of aromatic nitrogens is 1. The van der Waals surface area contributed by atoms with E-state index in [2.05, 4.69) is 22.2 Å². The van der Waals surface area contributed by atoms with Gasteiger partial charge in [-0.2, -0.15) is 0 Å². The lowest BCUT2D eigenvalue weighted by molar-refractivity contribution is 0.00820. The van der Waals surface area contributed by atoms with Crippen LogP contribution in [0.3, 0.4) is 0 Å². The Balaban J connectivity index is 1.40. The van der Waals surface area contributed by atoms with Crippen molar-refractivity contribution in [1.29, 1.82) is 0 Å². The molecule has 2 heterocycles. The van der Waals surface area contributed by atoms with E-state index in [9.17, 15) is 5.11 Å². The van der Waals surface area contributed by atoms with Crippen LogP contribution in [0.5, 0.6) is 0 Å². The molecule has 0 radical (unpaired) electrons. The van der Waals surface area contributed by atoms with Gasteiger partial charge in [-0.3, -0.25) is 9.80 Å². The summed E-state index contributed by atoms with van der Waals surface area (Å²) in [5.74, 6) is 0.737. The average Bonchev–Trinajstić information content (AvgIpc) is 3.20. The largest absolute Gasteiger partial charge is 0.390 e. The van der Waals surface area contributed by atoms with Crippen LogP contribution < -0.4 is 0 Å². The summed E-state index contributed by atoms with van der Waals surface area (Å²) in [4.78, 5) is 9.14. The Morgan fingerprint density at radius 2 is 2.24 bits per heavy atom. The van der Waals surface area contributed by atoms with Crippen LogP contribution in [0.2, 0.25) is 0 Å². The van der Waals surface area contributed by atoms with E-state index >= 15 is 0 Å². The van der Waals surface area contributed by atoms with E-state index in [1.165, 1.54) is 17.8 Å². The van der Waals surface area contributed by atoms with E-state index in [1.54, 1.807) is 11.3 Å². The lowest BCUT2D eigenvalue weighted by Gasteiger charge is -2.29. The van der Waals surface area contributed by atoms with E-state index in [-0.39, 0.29) is 6.10 Å². The summed E-state index contributed by atoms with van der Waals surface area (Å²) < 4.78 is 5.33. The Morgan fingerprint density at radius 3 is 2.95 bits per heavy atom. The number of aliphatic hydroxyl groups excluding tert-OH is 1. The highest BCUT2D eigenvalue weighted by Gasteiger charge is 2.26. The maximum Gasteiger partial charge on any atom is 0.0959 e. The number of thiazole rings is 1. The van der Waals surface area contributed by atoms with Gasteiger partial charge in [0.25, 0.3) is 0 Å². The van der Waals surface area contributed by atoms with Gasteiger partial charge in [-0.05, 0) is 19.9 Å². The van der Waals surface area contributed by atoms with Gasteiger partial charge in [0.05, 0.1) is 30.0 Å². The van der Waals surface area contributed by atoms with Crippen molar-refractivity contribution in [2.24, 2.45) is 0 Å². The van der Waals surface area contributed by atoms with Crippen molar-refractivity contribution in [3.63, 3.8) is 0 Å². The summed E-state index contributed by atoms with van der Waals surface area (Å²) in [6, 6.07) is 0. The van der Waals surface area contributed by atoms with Crippen LogP contribution in [-0.2, 0) is 11.3 Å². The lowest BCUT2D eigenvalue weighted by atomic mass is 10.2. The summed E-state index contributed by atoms with van der Waals surface area (Å²) in [7, 11) is 2.05. The molecule has 1 saturated carbocycles. The van der Waals surface area contributed by atoms with E-state index in [0.29, 0.717) is 6.54 Å². The number of hydrogen-bond donors (Lipinski definition) is 1. The monoisotopic (exact) mass is 311 g/mol. The van der Waals surface area contributed by atoms with Gasteiger partial charge in [0.15, 0.2) is 0 Å². The summed E-state index contributed by atoms with van der Waals surface area (Å²) in [5.41, 5.74) is 1.14. The minimum atomic E-state index is -0.311. The van der Waals surface area contributed by atoms with E-state index in [1.807, 2.05) is 0 Å². The second-order valence-corrected chi connectivity index (χ2v) is 7.10. The van der Waals surface area contributed by atoms with Gasteiger partial charge in [0.1, 0.15) is 0 Å². The minimum Gasteiger partial charge on any atom is -0.390 e. The molecule has 0 aromatic carbocycles. The smallest absolute Gasteiger partial charge is 0.0959 e. The van der Waals surface area contributed by atoms with Gasteiger partial charge < -0.3 is 9.84 Å². The molecule has 3 rings (SSSR count). The topological polar surface area (TPSA) is 48.8 Å². The first kappa shape index (κ1) is 15.4. The van der Waals surface area contributed by atoms with E-state index < -0.39 is 0 Å². The highest BCUT2D eigenvalue weighted by Crippen LogP contribution is 2.41. The Bertz CT molecular complexity index is 444. The summed E-state index contributed by atoms with van der Waals surface area (Å²) in [5, 5.41) is 13.7. The van der Waals surface area contributed by atoms with E-state index in [4.69, 9.17) is 9.72 Å². The second kappa shape index (κ2) is 7.15. The first-order valence-electron chi connectivity index (χ1n) is 7.81. The molecule has 118 valence electrons. The second-order valence-electron chi connectivity index (χ2n) is 6.21. The molecular weight excluding hydrogens is 286 g/mol. The molecule has 0 spiro atoms. The molecule has 0 amide bonds. The number of nitrogens with zero attached hydrogens (tertiary/aromatic N) is 3. The fourth-order valence-corrected chi connectivity index (χ4v) is 3.74. The van der Waals surface area contributed by atoms with Crippen LogP contribution in [-0.4, -0.2) is 72.4 Å². The van der Waals surface area contributed by atoms with Crippen molar-refractivity contribution in [3.05, 3.63) is 16.1 Å². The van der Waals surface area contributed by atoms with Gasteiger partial charge in [0, 0.05) is 44.0 Å². The number of β-amino-alcohol motifs (C(OH)–C–C–N with tert-alkyl or cyclic N) is 1. The standard InChI is InChI=1S/C15H25N3O2S/c1-17(8-13-11-21-15(16-13)12-2-3-12)9-14(19)10-18-4-6-20-7-5-18/h11-12,14,19H,2-10H2,1H3. The molecule has 1 N–H and O–H groups in total. The molecule has 1 atom stereocenters. The molecule has 21 heavy (non-hydrogen) atoms. The van der Waals surface area contributed by atoms with Crippen LogP contribution in [0.1, 0.15) is 29.5 Å². The van der Waals surface area contributed by atoms with Crippen molar-refractivity contribution < 1.29 is 9.84 Å². The Hall–Kier alpha value is -0.530. The third-order valence-corrected chi connectivity index (χ3v) is 5.08. The first-order valence-corrected chi connectivity index (χ1v) is 8.69. The number of ether oxygens (including phenoxy) is 1. The minimum absolute atomic E-state index is 0.311. The van der Waals surface area contributed by atoms with Crippen LogP contribution >= 0.6 is 11.3 Å². The number of rotatable bonds is 7. The molecule has 2 aliphatic rings. The molecule has 1 aromatic rings. The quantitative estimate of drug-likeness (QED) is 0.818. The maximum absolute atomic E-state index is 10.2. The molecule has 1 aliphatic heterocycles. The first-order chi connectivity index (χ1) is 10.2. The summed E-state index contributed by atoms with van der Waals surface area (Å²) in [6.45, 7) is 5.67. The normalized spacial score (nSPS) is 21.9. The Morgan fingerprint density at radius 1 is 1.48 bits per heavy atom. The fraction of sp³-hybridized carbons (Fsp3) is 0.800. The molecule has 1 saturated heterocycles. The molecular formula is C15H25N3O2S. The van der Waals surface area contributed by atoms with Crippen molar-refractivity contribution in [3.8, 4) is 0 Å². The zero-order valence-corrected chi connectivity index (χ0v) is 13.5. The number of likely N-dealkylation sites (N-methyl/N-ethyl adjacent to an activating group) is 1. The predicted octanol–water partition coefficient (Wildman–Crippen LogP) is 1.15. The number of morpholine rings is 1. The Kier molecular flexibility index (Phi) is 5.24. The van der Waals surface area contributed by atoms with Crippen LogP contribution in [0.15, 0.2) is 5.38 Å². The fourth-order valence-electron chi connectivity index (χ4n) is 2.75. The molecule has 1 aromatic heterocycles. The van der Waals surface area contributed by atoms with Gasteiger partial charge >= 0.3 is 0 Å². The van der Waals surface area contributed by atoms with E-state index in [0.717, 1.165) is 51.0 Å². The molecule has 1 unspecified atom stereocenters. The molecule has 2 fully saturated rings. The Labute approximate surface area is 130 Å². The lowest BCUT2D eigenvalue weighted by Crippen LogP contribution is -2.43. The average molecular weight is 311 g/mol. The highest BCUT2D eigenvalue weighted by molar-refractivity contribution is 7.09. The predicted molar refractivity (Wildman–Crippen MR) is 83.7 cm³/mol. The maximum atomic E-state index is 10.2. The third-order valence-electron chi connectivity index (χ3n) is 4.02. The SMILES string of the molecule is CN(Cc1csc(C2CC2)n1)CC(O)CN1CCOCC1. The zero-order chi connectivity index (χ0) is 14.7. The van der Waals surface area contributed by atoms with Crippen LogP contribution in [0, 0.1) is 0 Å². The van der Waals surface area contributed by atoms with Gasteiger partial charge in [0.2, 0.25) is 0 Å². The summed E-state index contributed by atoms with van der Waals surface area (Å²) in [6.07, 6.45) is 2.30. The number of aliphatic hydroxyl groups is 1. The third kappa shape index (κ3) is 4.72. The van der Waals surface area contributed by atoms with Gasteiger partial charge in [-0.25, -0.2) is 4.98 Å². The molecule has 0 bridgehead atoms. The number of hydrogen-bond acceptors (Lipinski definition) is 6. The molecule has 5 nitrogen and oxygen atoms in total. The summed E-state index contributed by atoms with van der Waals surface area (Å²) >= 11 is 1.79. The van der Waals surface area contributed by atoms with Crippen molar-refractivity contribution in [1.82, 2.24) is 14.8 Å². The van der Waals surface area contributed by atoms with Crippen LogP contribution in [0.4, 0.5) is 0 Å². The van der Waals surface area contributed by atoms with Gasteiger partial charge in [-0.15, -0.1) is 11.3 Å². The van der Waals surface area contributed by atoms with Crippen LogP contribution in [0.25, 0.3) is 0 Å². The molecule has 6 heteroatoms. The zero-order valence-electron chi connectivity index (χ0n) is 12.7. The van der Waals surface area contributed by atoms with Crippen molar-refractivity contribution >= 4 is 11.3 Å².